The molecule has 1 aliphatic rings. The van der Waals surface area contributed by atoms with Crippen LogP contribution in [0.15, 0.2) is 36.2 Å². The van der Waals surface area contributed by atoms with Crippen LogP contribution in [0.25, 0.3) is 0 Å². The molecule has 0 aliphatic carbocycles. The number of nitrogens with one attached hydrogen (secondary N) is 1. The molecule has 0 unspecified atom stereocenters. The Morgan fingerprint density at radius 3 is 2.58 bits per heavy atom. The number of cyclic esters (lactones) is 1. The summed E-state index contributed by atoms with van der Waals surface area (Å²) in [5, 5.41) is 2.92. The first-order valence-corrected chi connectivity index (χ1v) is 10.2. The Labute approximate surface area is 182 Å². The summed E-state index contributed by atoms with van der Waals surface area (Å²) in [7, 11) is 3.15. The maximum absolute atomic E-state index is 12.2. The third-order valence-electron chi connectivity index (χ3n) is 5.47. The maximum Gasteiger partial charge on any atom is 0.342 e. The first-order chi connectivity index (χ1) is 15.0. The number of ether oxygens (including phenoxy) is 3. The highest BCUT2D eigenvalue weighted by molar-refractivity contribution is 5.98. The minimum Gasteiger partial charge on any atom is -0.496 e. The van der Waals surface area contributed by atoms with Gasteiger partial charge < -0.3 is 19.5 Å². The van der Waals surface area contributed by atoms with Gasteiger partial charge in [-0.1, -0.05) is 11.6 Å². The number of carbonyl (C=O) groups is 2. The molecule has 0 saturated carbocycles. The Morgan fingerprint density at radius 1 is 1.19 bits per heavy atom. The van der Waals surface area contributed by atoms with Crippen molar-refractivity contribution in [2.75, 3.05) is 14.2 Å². The molecule has 1 aliphatic heterocycles. The molecule has 164 valence electrons. The zero-order valence-electron chi connectivity index (χ0n) is 18.4. The van der Waals surface area contributed by atoms with Crippen LogP contribution in [0.4, 0.5) is 0 Å². The van der Waals surface area contributed by atoms with Gasteiger partial charge in [0.25, 0.3) is 0 Å². The van der Waals surface area contributed by atoms with E-state index < -0.39 is 0 Å². The molecular weight excluding hydrogens is 396 g/mol. The van der Waals surface area contributed by atoms with Gasteiger partial charge in [-0.05, 0) is 49.9 Å². The largest absolute Gasteiger partial charge is 0.496 e. The number of hydrogen-bond acceptors (Lipinski definition) is 6. The predicted molar refractivity (Wildman–Crippen MR) is 116 cm³/mol. The second-order valence-corrected chi connectivity index (χ2v) is 7.49. The van der Waals surface area contributed by atoms with Crippen molar-refractivity contribution < 1.29 is 23.8 Å². The predicted octanol–water partition coefficient (Wildman–Crippen LogP) is 3.66. The number of hydrogen-bond donors (Lipinski definition) is 1. The molecule has 0 atom stereocenters. The van der Waals surface area contributed by atoms with Gasteiger partial charge in [0.1, 0.15) is 23.7 Å². The first-order valence-electron chi connectivity index (χ1n) is 10.2. The molecule has 1 amide bonds. The molecule has 2 heterocycles. The van der Waals surface area contributed by atoms with Gasteiger partial charge in [0, 0.05) is 36.5 Å². The van der Waals surface area contributed by atoms with Crippen LogP contribution in [-0.4, -0.2) is 31.1 Å². The second kappa shape index (κ2) is 10.1. The molecule has 1 aromatic carbocycles. The molecule has 0 fully saturated rings. The SMILES string of the molecule is COc1c(C)c2c(c(OC)c1C/C=C(\C)CCC(=O)NCc1ccncc1)C(=O)OC2. The summed E-state index contributed by atoms with van der Waals surface area (Å²) in [4.78, 5) is 28.3. The van der Waals surface area contributed by atoms with E-state index in [0.29, 0.717) is 42.9 Å². The van der Waals surface area contributed by atoms with Gasteiger partial charge in [0.15, 0.2) is 0 Å². The Hall–Kier alpha value is -3.35. The fourth-order valence-electron chi connectivity index (χ4n) is 3.71. The van der Waals surface area contributed by atoms with E-state index in [2.05, 4.69) is 10.3 Å². The number of carbonyl (C=O) groups excluding carboxylic acids is 2. The lowest BCUT2D eigenvalue weighted by molar-refractivity contribution is -0.121. The summed E-state index contributed by atoms with van der Waals surface area (Å²) in [6.07, 6.45) is 7.02. The zero-order chi connectivity index (χ0) is 22.4. The van der Waals surface area contributed by atoms with Gasteiger partial charge in [0.2, 0.25) is 5.91 Å². The van der Waals surface area contributed by atoms with Crippen molar-refractivity contribution in [3.05, 3.63) is 64.0 Å². The van der Waals surface area contributed by atoms with Gasteiger partial charge in [-0.15, -0.1) is 0 Å². The van der Waals surface area contributed by atoms with E-state index >= 15 is 0 Å². The van der Waals surface area contributed by atoms with E-state index in [1.165, 1.54) is 0 Å². The molecule has 0 bridgehead atoms. The normalized spacial score (nSPS) is 12.9. The molecule has 0 radical (unpaired) electrons. The number of allylic oxidation sites excluding steroid dienone is 2. The monoisotopic (exact) mass is 424 g/mol. The van der Waals surface area contributed by atoms with Crippen molar-refractivity contribution in [2.45, 2.75) is 46.3 Å². The van der Waals surface area contributed by atoms with Crippen LogP contribution < -0.4 is 14.8 Å². The molecule has 31 heavy (non-hydrogen) atoms. The lowest BCUT2D eigenvalue weighted by Gasteiger charge is -2.18. The molecule has 1 aromatic heterocycles. The highest BCUT2D eigenvalue weighted by Crippen LogP contribution is 2.42. The highest BCUT2D eigenvalue weighted by Gasteiger charge is 2.32. The van der Waals surface area contributed by atoms with Crippen molar-refractivity contribution in [2.24, 2.45) is 0 Å². The summed E-state index contributed by atoms with van der Waals surface area (Å²) in [5.74, 6) is 0.827. The molecule has 1 N–H and O–H groups in total. The maximum atomic E-state index is 12.2. The highest BCUT2D eigenvalue weighted by atomic mass is 16.5. The average Bonchev–Trinajstić information content (AvgIpc) is 3.17. The molecule has 7 nitrogen and oxygen atoms in total. The third-order valence-corrected chi connectivity index (χ3v) is 5.47. The zero-order valence-corrected chi connectivity index (χ0v) is 18.4. The smallest absolute Gasteiger partial charge is 0.342 e. The van der Waals surface area contributed by atoms with Crippen molar-refractivity contribution in [1.82, 2.24) is 10.3 Å². The number of esters is 1. The number of rotatable bonds is 9. The van der Waals surface area contributed by atoms with Crippen LogP contribution in [0.1, 0.15) is 52.4 Å². The number of fused-ring (bicyclic) bond motifs is 1. The van der Waals surface area contributed by atoms with Crippen molar-refractivity contribution in [1.29, 1.82) is 0 Å². The number of benzene rings is 1. The Balaban J connectivity index is 1.67. The lowest BCUT2D eigenvalue weighted by atomic mass is 9.94. The molecule has 2 aromatic rings. The van der Waals surface area contributed by atoms with Gasteiger partial charge in [-0.3, -0.25) is 9.78 Å². The Kier molecular flexibility index (Phi) is 7.28. The average molecular weight is 424 g/mol. The Bertz CT molecular complexity index is 999. The number of methoxy groups -OCH3 is 2. The third kappa shape index (κ3) is 5.05. The van der Waals surface area contributed by atoms with Gasteiger partial charge in [0.05, 0.1) is 14.2 Å². The van der Waals surface area contributed by atoms with E-state index in [1.54, 1.807) is 26.6 Å². The van der Waals surface area contributed by atoms with Crippen LogP contribution in [0, 0.1) is 6.92 Å². The van der Waals surface area contributed by atoms with Gasteiger partial charge in [-0.25, -0.2) is 4.79 Å². The lowest BCUT2D eigenvalue weighted by Crippen LogP contribution is -2.22. The number of amides is 1. The summed E-state index contributed by atoms with van der Waals surface area (Å²) in [6.45, 7) is 4.63. The van der Waals surface area contributed by atoms with Crippen molar-refractivity contribution in [3.63, 3.8) is 0 Å². The molecule has 0 saturated heterocycles. The summed E-state index contributed by atoms with van der Waals surface area (Å²) < 4.78 is 16.4. The summed E-state index contributed by atoms with van der Waals surface area (Å²) >= 11 is 0. The topological polar surface area (TPSA) is 86.8 Å². The molecule has 3 rings (SSSR count). The van der Waals surface area contributed by atoms with Gasteiger partial charge in [-0.2, -0.15) is 0 Å². The first kappa shape index (κ1) is 22.3. The van der Waals surface area contributed by atoms with Crippen molar-refractivity contribution in [3.8, 4) is 11.5 Å². The van der Waals surface area contributed by atoms with Crippen LogP contribution in [0.5, 0.6) is 11.5 Å². The molecule has 0 spiro atoms. The standard InChI is InChI=1S/C24H28N2O5/c1-15(6-8-20(27)26-13-17-9-11-25-12-10-17)5-7-18-22(29-3)16(2)19-14-31-24(28)21(19)23(18)30-4/h5,9-12H,6-8,13-14H2,1-4H3,(H,26,27)/b15-5+. The fourth-order valence-corrected chi connectivity index (χ4v) is 3.71. The van der Waals surface area contributed by atoms with Crippen LogP contribution in [0.3, 0.4) is 0 Å². The van der Waals surface area contributed by atoms with E-state index in [4.69, 9.17) is 14.2 Å². The van der Waals surface area contributed by atoms with Crippen LogP contribution >= 0.6 is 0 Å². The van der Waals surface area contributed by atoms with Gasteiger partial charge >= 0.3 is 5.97 Å². The minimum absolute atomic E-state index is 0.00385. The molecular formula is C24H28N2O5. The van der Waals surface area contributed by atoms with Crippen LogP contribution in [0.2, 0.25) is 0 Å². The second-order valence-electron chi connectivity index (χ2n) is 7.49. The minimum atomic E-state index is -0.370. The summed E-state index contributed by atoms with van der Waals surface area (Å²) in [5.41, 5.74) is 5.08. The number of aromatic nitrogens is 1. The van der Waals surface area contributed by atoms with Crippen molar-refractivity contribution >= 4 is 11.9 Å². The van der Waals surface area contributed by atoms with Crippen LogP contribution in [-0.2, 0) is 29.1 Å². The number of pyridine rings is 1. The Morgan fingerprint density at radius 2 is 1.90 bits per heavy atom. The molecule has 7 heteroatoms. The fraction of sp³-hybridized carbons (Fsp3) is 0.375. The number of nitrogens with zero attached hydrogens (tertiary/aromatic N) is 1. The quantitative estimate of drug-likeness (QED) is 0.488. The van der Waals surface area contributed by atoms with E-state index in [-0.39, 0.29) is 18.5 Å². The summed E-state index contributed by atoms with van der Waals surface area (Å²) in [6, 6.07) is 3.75. The van der Waals surface area contributed by atoms with E-state index in [0.717, 1.165) is 27.8 Å². The van der Waals surface area contributed by atoms with E-state index in [9.17, 15) is 9.59 Å². The van der Waals surface area contributed by atoms with E-state index in [1.807, 2.05) is 32.1 Å².